The minimum Gasteiger partial charge on any atom is -0.399 e. The van der Waals surface area contributed by atoms with Gasteiger partial charge in [-0.25, -0.2) is 0 Å². The minimum absolute atomic E-state index is 0.213. The van der Waals surface area contributed by atoms with Crippen LogP contribution in [-0.4, -0.2) is 20.0 Å². The number of nitrogens with two attached hydrogens (primary N) is 2. The van der Waals surface area contributed by atoms with E-state index in [-0.39, 0.29) is 10.6 Å². The predicted octanol–water partition coefficient (Wildman–Crippen LogP) is 2.13. The van der Waals surface area contributed by atoms with Crippen LogP contribution >= 0.6 is 0 Å². The van der Waals surface area contributed by atoms with Crippen LogP contribution in [0.1, 0.15) is 5.56 Å². The Kier molecular flexibility index (Phi) is 5.57. The van der Waals surface area contributed by atoms with Crippen molar-refractivity contribution in [2.24, 2.45) is 0 Å². The molecule has 6 N–H and O–H groups in total. The second-order valence-electron chi connectivity index (χ2n) is 4.39. The van der Waals surface area contributed by atoms with Crippen LogP contribution in [0, 0.1) is 6.92 Å². The number of rotatable bonds is 2. The summed E-state index contributed by atoms with van der Waals surface area (Å²) in [4.78, 5) is -0.213. The molecule has 6 nitrogen and oxygen atoms in total. The standard InChI is InChI=1S/C7H10N2O3S.C7H9N/c1-9-6-3-2-5(8)4-7(6)13(10,11)12;1-6-2-4-7(8)5-3-6/h2-4,9H,8H2,1H3,(H,10,11,12);2-5H,8H2,1H3. The number of nitrogen functional groups attached to an aromatic ring is 2. The first-order valence-electron chi connectivity index (χ1n) is 6.11. The first kappa shape index (κ1) is 16.8. The molecule has 0 unspecified atom stereocenters. The van der Waals surface area contributed by atoms with Crippen molar-refractivity contribution >= 4 is 27.2 Å². The quantitative estimate of drug-likeness (QED) is 0.498. The molecule has 0 atom stereocenters. The van der Waals surface area contributed by atoms with Crippen LogP contribution in [0.3, 0.4) is 0 Å². The highest BCUT2D eigenvalue weighted by Gasteiger charge is 2.14. The third-order valence-corrected chi connectivity index (χ3v) is 3.52. The molecule has 0 heterocycles. The molecule has 0 fully saturated rings. The van der Waals surface area contributed by atoms with E-state index in [0.717, 1.165) is 5.69 Å². The summed E-state index contributed by atoms with van der Waals surface area (Å²) < 4.78 is 30.5. The number of nitrogens with one attached hydrogen (secondary N) is 1. The molecule has 0 spiro atoms. The highest BCUT2D eigenvalue weighted by molar-refractivity contribution is 7.86. The molecule has 7 heteroatoms. The number of benzene rings is 2. The largest absolute Gasteiger partial charge is 0.399 e. The van der Waals surface area contributed by atoms with E-state index in [1.54, 1.807) is 13.1 Å². The van der Waals surface area contributed by atoms with Gasteiger partial charge in [0.25, 0.3) is 10.1 Å². The lowest BCUT2D eigenvalue weighted by Gasteiger charge is -2.06. The van der Waals surface area contributed by atoms with Crippen molar-refractivity contribution in [2.45, 2.75) is 11.8 Å². The summed E-state index contributed by atoms with van der Waals surface area (Å²) in [6, 6.07) is 12.0. The summed E-state index contributed by atoms with van der Waals surface area (Å²) in [6.45, 7) is 2.04. The van der Waals surface area contributed by atoms with E-state index in [4.69, 9.17) is 16.0 Å². The van der Waals surface area contributed by atoms with Crippen LogP contribution in [0.2, 0.25) is 0 Å². The molecule has 0 aromatic heterocycles. The van der Waals surface area contributed by atoms with Crippen LogP contribution in [0.4, 0.5) is 17.1 Å². The van der Waals surface area contributed by atoms with E-state index in [1.165, 1.54) is 17.7 Å². The van der Waals surface area contributed by atoms with Crippen molar-refractivity contribution in [3.63, 3.8) is 0 Å². The Morgan fingerprint density at radius 1 is 1.00 bits per heavy atom. The van der Waals surface area contributed by atoms with Gasteiger partial charge < -0.3 is 16.8 Å². The molecule has 2 rings (SSSR count). The molecule has 0 bridgehead atoms. The first-order chi connectivity index (χ1) is 9.74. The van der Waals surface area contributed by atoms with Crippen LogP contribution in [0.15, 0.2) is 47.4 Å². The molecule has 0 saturated heterocycles. The molecule has 114 valence electrons. The summed E-state index contributed by atoms with van der Waals surface area (Å²) in [5.74, 6) is 0. The van der Waals surface area contributed by atoms with E-state index in [0.29, 0.717) is 5.69 Å². The van der Waals surface area contributed by atoms with Crippen molar-refractivity contribution in [1.29, 1.82) is 0 Å². The average molecular weight is 309 g/mol. The average Bonchev–Trinajstić information content (AvgIpc) is 2.42. The highest BCUT2D eigenvalue weighted by Crippen LogP contribution is 2.22. The molecule has 0 aliphatic carbocycles. The fourth-order valence-electron chi connectivity index (χ4n) is 1.53. The fraction of sp³-hybridized carbons (Fsp3) is 0.143. The molecule has 21 heavy (non-hydrogen) atoms. The number of hydrogen-bond acceptors (Lipinski definition) is 5. The van der Waals surface area contributed by atoms with Crippen molar-refractivity contribution in [3.05, 3.63) is 48.0 Å². The minimum atomic E-state index is -4.21. The lowest BCUT2D eigenvalue weighted by atomic mass is 10.2. The van der Waals surface area contributed by atoms with Crippen molar-refractivity contribution in [1.82, 2.24) is 0 Å². The van der Waals surface area contributed by atoms with E-state index in [2.05, 4.69) is 5.32 Å². The van der Waals surface area contributed by atoms with Gasteiger partial charge in [-0.15, -0.1) is 0 Å². The molecule has 0 saturated carbocycles. The zero-order valence-corrected chi connectivity index (χ0v) is 12.7. The highest BCUT2D eigenvalue weighted by atomic mass is 32.2. The third-order valence-electron chi connectivity index (χ3n) is 2.63. The second-order valence-corrected chi connectivity index (χ2v) is 5.78. The van der Waals surface area contributed by atoms with Gasteiger partial charge in [-0.05, 0) is 37.3 Å². The second kappa shape index (κ2) is 6.96. The van der Waals surface area contributed by atoms with Crippen LogP contribution < -0.4 is 16.8 Å². The Morgan fingerprint density at radius 2 is 1.52 bits per heavy atom. The summed E-state index contributed by atoms with van der Waals surface area (Å²) >= 11 is 0. The SMILES string of the molecule is CNc1ccc(N)cc1S(=O)(=O)O.Cc1ccc(N)cc1. The van der Waals surface area contributed by atoms with Gasteiger partial charge in [-0.2, -0.15) is 8.42 Å². The topological polar surface area (TPSA) is 118 Å². The molecule has 2 aromatic carbocycles. The Labute approximate surface area is 124 Å². The van der Waals surface area contributed by atoms with E-state index in [1.807, 2.05) is 31.2 Å². The van der Waals surface area contributed by atoms with E-state index in [9.17, 15) is 8.42 Å². The van der Waals surface area contributed by atoms with Crippen molar-refractivity contribution in [2.75, 3.05) is 23.8 Å². The predicted molar refractivity (Wildman–Crippen MR) is 85.8 cm³/mol. The maximum atomic E-state index is 10.8. The molecule has 0 radical (unpaired) electrons. The maximum absolute atomic E-state index is 10.8. The fourth-order valence-corrected chi connectivity index (χ4v) is 2.26. The van der Waals surface area contributed by atoms with Gasteiger partial charge in [0.05, 0.1) is 5.69 Å². The monoisotopic (exact) mass is 309 g/mol. The van der Waals surface area contributed by atoms with Crippen molar-refractivity contribution < 1.29 is 13.0 Å². The zero-order chi connectivity index (χ0) is 16.0. The summed E-state index contributed by atoms with van der Waals surface area (Å²) in [6.07, 6.45) is 0. The zero-order valence-electron chi connectivity index (χ0n) is 11.9. The van der Waals surface area contributed by atoms with Gasteiger partial charge in [-0.3, -0.25) is 4.55 Å². The Balaban J connectivity index is 0.000000235. The number of anilines is 3. The van der Waals surface area contributed by atoms with Gasteiger partial charge in [0.2, 0.25) is 0 Å². The Bertz CT molecular complexity index is 677. The maximum Gasteiger partial charge on any atom is 0.296 e. The van der Waals surface area contributed by atoms with Gasteiger partial charge in [0.1, 0.15) is 4.90 Å². The van der Waals surface area contributed by atoms with Crippen molar-refractivity contribution in [3.8, 4) is 0 Å². The smallest absolute Gasteiger partial charge is 0.296 e. The number of aryl methyl sites for hydroxylation is 1. The number of hydrogen-bond donors (Lipinski definition) is 4. The van der Waals surface area contributed by atoms with Gasteiger partial charge in [-0.1, -0.05) is 17.7 Å². The summed E-state index contributed by atoms with van der Waals surface area (Å²) in [7, 11) is -2.65. The Morgan fingerprint density at radius 3 is 1.95 bits per heavy atom. The molecule has 0 amide bonds. The molecule has 0 aliphatic rings. The van der Waals surface area contributed by atoms with E-state index < -0.39 is 10.1 Å². The van der Waals surface area contributed by atoms with Gasteiger partial charge in [0, 0.05) is 18.4 Å². The Hall–Kier alpha value is -2.25. The van der Waals surface area contributed by atoms with Gasteiger partial charge in [0.15, 0.2) is 0 Å². The third kappa shape index (κ3) is 5.33. The molecule has 2 aromatic rings. The first-order valence-corrected chi connectivity index (χ1v) is 7.55. The summed E-state index contributed by atoms with van der Waals surface area (Å²) in [5.41, 5.74) is 13.5. The molecule has 0 aliphatic heterocycles. The van der Waals surface area contributed by atoms with Crippen LogP contribution in [0.25, 0.3) is 0 Å². The molecular weight excluding hydrogens is 290 g/mol. The lowest BCUT2D eigenvalue weighted by Crippen LogP contribution is -2.04. The van der Waals surface area contributed by atoms with Gasteiger partial charge >= 0.3 is 0 Å². The molecular formula is C14H19N3O3S. The summed E-state index contributed by atoms with van der Waals surface area (Å²) in [5, 5.41) is 2.63. The normalized spacial score (nSPS) is 10.4. The lowest BCUT2D eigenvalue weighted by molar-refractivity contribution is 0.483. The van der Waals surface area contributed by atoms with Crippen LogP contribution in [-0.2, 0) is 10.1 Å². The van der Waals surface area contributed by atoms with Crippen LogP contribution in [0.5, 0.6) is 0 Å². The van der Waals surface area contributed by atoms with E-state index >= 15 is 0 Å².